The normalized spacial score (nSPS) is 21.4. The highest BCUT2D eigenvalue weighted by atomic mass is 32.2. The second-order valence-corrected chi connectivity index (χ2v) is 11.1. The lowest BCUT2D eigenvalue weighted by Crippen LogP contribution is -2.40. The molecule has 7 nitrogen and oxygen atoms in total. The largest absolute Gasteiger partial charge is 0.448 e. The summed E-state index contributed by atoms with van der Waals surface area (Å²) in [4.78, 5) is 14.8. The van der Waals surface area contributed by atoms with E-state index in [1.54, 1.807) is 24.3 Å². The molecule has 3 aromatic carbocycles. The Labute approximate surface area is 203 Å². The van der Waals surface area contributed by atoms with Crippen molar-refractivity contribution >= 4 is 15.9 Å². The zero-order valence-electron chi connectivity index (χ0n) is 18.8. The maximum atomic E-state index is 13.5. The number of hydrogen-bond donors (Lipinski definition) is 1. The number of carbonyl (C=O) groups excluding carboxylic acids is 1. The summed E-state index contributed by atoms with van der Waals surface area (Å²) >= 11 is 0. The van der Waals surface area contributed by atoms with E-state index < -0.39 is 27.3 Å². The Morgan fingerprint density at radius 3 is 2.17 bits per heavy atom. The van der Waals surface area contributed by atoms with E-state index in [1.807, 2.05) is 36.4 Å². The molecular formula is C27H24N2O5S. The number of carbonyl (C=O) groups is 1. The molecule has 0 bridgehead atoms. The Balaban J connectivity index is 1.30. The number of sulfone groups is 1. The van der Waals surface area contributed by atoms with Crippen molar-refractivity contribution in [3.05, 3.63) is 102 Å². The van der Waals surface area contributed by atoms with E-state index in [-0.39, 0.29) is 30.4 Å². The van der Waals surface area contributed by atoms with Gasteiger partial charge >= 0.3 is 6.09 Å². The van der Waals surface area contributed by atoms with Gasteiger partial charge in [0.05, 0.1) is 10.9 Å². The first-order valence-corrected chi connectivity index (χ1v) is 13.1. The predicted octanol–water partition coefficient (Wildman–Crippen LogP) is 4.40. The Morgan fingerprint density at radius 2 is 1.51 bits per heavy atom. The topological polar surface area (TPSA) is 87.2 Å². The number of likely N-dealkylation sites (tertiary alicyclic amines) is 1. The van der Waals surface area contributed by atoms with E-state index in [0.29, 0.717) is 5.70 Å². The first-order valence-electron chi connectivity index (χ1n) is 11.6. The van der Waals surface area contributed by atoms with Crippen LogP contribution in [-0.2, 0) is 14.6 Å². The van der Waals surface area contributed by atoms with Gasteiger partial charge in [0, 0.05) is 24.6 Å². The van der Waals surface area contributed by atoms with Gasteiger partial charge in [-0.05, 0) is 40.5 Å². The van der Waals surface area contributed by atoms with Crippen LogP contribution in [0, 0.1) is 0 Å². The fourth-order valence-corrected chi connectivity index (χ4v) is 7.26. The Bertz CT molecular complexity index is 1390. The molecule has 1 aliphatic carbocycles. The summed E-state index contributed by atoms with van der Waals surface area (Å²) in [5.41, 5.74) is 4.86. The molecular weight excluding hydrogens is 464 g/mol. The third-order valence-corrected chi connectivity index (χ3v) is 9.19. The number of rotatable bonds is 4. The SMILES string of the molecule is O=C(OCC1c2ccccc2-c2ccccc21)N1C2=CCN(O)[C@@H]2CC1S(=O)(=O)c1ccccc1. The standard InChI is InChI=1S/C27H24N2O5S/c30-27(34-17-23-21-12-6-4-10-19(21)20-11-5-7-13-22(20)23)29-24-14-15-28(31)25(24)16-26(29)35(32,33)18-8-2-1-3-9-18/h1-14,23,25-26,31H,15-17H2/t25-,26?/m1/s1. The van der Waals surface area contributed by atoms with Gasteiger partial charge in [-0.3, -0.25) is 4.90 Å². The van der Waals surface area contributed by atoms with Gasteiger partial charge in [-0.2, -0.15) is 5.06 Å². The number of benzene rings is 3. The van der Waals surface area contributed by atoms with Crippen molar-refractivity contribution in [3.63, 3.8) is 0 Å². The number of hydroxylamine groups is 2. The molecule has 35 heavy (non-hydrogen) atoms. The van der Waals surface area contributed by atoms with Gasteiger partial charge in [0.25, 0.3) is 0 Å². The molecule has 3 aliphatic rings. The Kier molecular flexibility index (Phi) is 5.25. The molecule has 1 fully saturated rings. The Hall–Kier alpha value is -3.46. The smallest absolute Gasteiger partial charge is 0.415 e. The number of ether oxygens (including phenoxy) is 1. The highest BCUT2D eigenvalue weighted by Gasteiger charge is 2.51. The van der Waals surface area contributed by atoms with Crippen LogP contribution in [0.1, 0.15) is 23.5 Å². The van der Waals surface area contributed by atoms with Gasteiger partial charge in [-0.25, -0.2) is 13.2 Å². The molecule has 2 atom stereocenters. The van der Waals surface area contributed by atoms with E-state index in [4.69, 9.17) is 4.74 Å². The van der Waals surface area contributed by atoms with Gasteiger partial charge in [0.2, 0.25) is 0 Å². The maximum absolute atomic E-state index is 13.5. The van der Waals surface area contributed by atoms with Gasteiger partial charge in [0.1, 0.15) is 12.0 Å². The molecule has 2 aliphatic heterocycles. The summed E-state index contributed by atoms with van der Waals surface area (Å²) < 4.78 is 32.8. The summed E-state index contributed by atoms with van der Waals surface area (Å²) in [6, 6.07) is 23.6. The molecule has 2 heterocycles. The lowest BCUT2D eigenvalue weighted by atomic mass is 9.98. The summed E-state index contributed by atoms with van der Waals surface area (Å²) in [7, 11) is -3.89. The predicted molar refractivity (Wildman–Crippen MR) is 129 cm³/mol. The zero-order valence-corrected chi connectivity index (χ0v) is 19.6. The fraction of sp³-hybridized carbons (Fsp3) is 0.222. The molecule has 0 aromatic heterocycles. The molecule has 1 unspecified atom stereocenters. The minimum atomic E-state index is -3.89. The second kappa shape index (κ2) is 8.34. The molecule has 8 heteroatoms. The van der Waals surface area contributed by atoms with Crippen molar-refractivity contribution in [3.8, 4) is 11.1 Å². The van der Waals surface area contributed by atoms with Crippen LogP contribution >= 0.6 is 0 Å². The minimum Gasteiger partial charge on any atom is -0.448 e. The van der Waals surface area contributed by atoms with Crippen LogP contribution in [0.5, 0.6) is 0 Å². The molecule has 0 spiro atoms. The van der Waals surface area contributed by atoms with Crippen LogP contribution < -0.4 is 0 Å². The quantitative estimate of drug-likeness (QED) is 0.586. The summed E-state index contributed by atoms with van der Waals surface area (Å²) in [5, 5.41) is 10.2. The van der Waals surface area contributed by atoms with Crippen molar-refractivity contribution in [2.75, 3.05) is 13.2 Å². The minimum absolute atomic E-state index is 0.0732. The van der Waals surface area contributed by atoms with Crippen LogP contribution in [0.2, 0.25) is 0 Å². The van der Waals surface area contributed by atoms with E-state index in [1.165, 1.54) is 17.0 Å². The summed E-state index contributed by atoms with van der Waals surface area (Å²) in [5.74, 6) is -0.138. The number of hydrogen-bond acceptors (Lipinski definition) is 6. The summed E-state index contributed by atoms with van der Waals surface area (Å²) in [6.07, 6.45) is 1.04. The van der Waals surface area contributed by atoms with Crippen molar-refractivity contribution in [1.82, 2.24) is 9.96 Å². The van der Waals surface area contributed by atoms with E-state index in [2.05, 4.69) is 12.1 Å². The highest BCUT2D eigenvalue weighted by molar-refractivity contribution is 7.92. The second-order valence-electron chi connectivity index (χ2n) is 8.99. The van der Waals surface area contributed by atoms with Crippen LogP contribution in [0.15, 0.2) is 95.5 Å². The average Bonchev–Trinajstić information content (AvgIpc) is 3.54. The van der Waals surface area contributed by atoms with Gasteiger partial charge in [-0.15, -0.1) is 0 Å². The zero-order chi connectivity index (χ0) is 24.2. The third kappa shape index (κ3) is 3.48. The molecule has 3 aromatic rings. The molecule has 178 valence electrons. The van der Waals surface area contributed by atoms with Crippen LogP contribution in [0.4, 0.5) is 4.79 Å². The molecule has 6 rings (SSSR count). The first-order chi connectivity index (χ1) is 17.0. The van der Waals surface area contributed by atoms with Crippen LogP contribution in [-0.4, -0.2) is 54.2 Å². The lowest BCUT2D eigenvalue weighted by molar-refractivity contribution is -0.0960. The number of fused-ring (bicyclic) bond motifs is 4. The molecule has 1 saturated heterocycles. The van der Waals surface area contributed by atoms with Crippen molar-refractivity contribution in [2.45, 2.75) is 28.6 Å². The highest BCUT2D eigenvalue weighted by Crippen LogP contribution is 2.45. The van der Waals surface area contributed by atoms with Crippen molar-refractivity contribution in [2.24, 2.45) is 0 Å². The van der Waals surface area contributed by atoms with Crippen molar-refractivity contribution < 1.29 is 23.2 Å². The van der Waals surface area contributed by atoms with E-state index in [9.17, 15) is 18.4 Å². The molecule has 1 amide bonds. The molecule has 1 N–H and O–H groups in total. The van der Waals surface area contributed by atoms with Gasteiger partial charge in [0.15, 0.2) is 9.84 Å². The van der Waals surface area contributed by atoms with E-state index in [0.717, 1.165) is 27.3 Å². The lowest BCUT2D eigenvalue weighted by Gasteiger charge is -2.25. The van der Waals surface area contributed by atoms with Crippen LogP contribution in [0.25, 0.3) is 11.1 Å². The number of nitrogens with zero attached hydrogens (tertiary/aromatic N) is 2. The van der Waals surface area contributed by atoms with E-state index >= 15 is 0 Å². The monoisotopic (exact) mass is 488 g/mol. The Morgan fingerprint density at radius 1 is 0.914 bits per heavy atom. The van der Waals surface area contributed by atoms with Gasteiger partial charge in [-0.1, -0.05) is 66.7 Å². The average molecular weight is 489 g/mol. The molecule has 0 radical (unpaired) electrons. The molecule has 0 saturated carbocycles. The number of amides is 1. The third-order valence-electron chi connectivity index (χ3n) is 7.14. The fourth-order valence-electron chi connectivity index (χ4n) is 5.49. The first kappa shape index (κ1) is 22.0. The maximum Gasteiger partial charge on any atom is 0.415 e. The summed E-state index contributed by atoms with van der Waals surface area (Å²) in [6.45, 7) is 0.313. The van der Waals surface area contributed by atoms with Gasteiger partial charge < -0.3 is 9.94 Å². The van der Waals surface area contributed by atoms with Crippen LogP contribution in [0.3, 0.4) is 0 Å². The van der Waals surface area contributed by atoms with Crippen molar-refractivity contribution in [1.29, 1.82) is 0 Å².